The molecule has 5 nitrogen and oxygen atoms in total. The first-order chi connectivity index (χ1) is 10.9. The highest BCUT2D eigenvalue weighted by molar-refractivity contribution is 7.13. The fraction of sp³-hybridized carbons (Fsp3) is 0.250. The van der Waals surface area contributed by atoms with Gasteiger partial charge in [-0.3, -0.25) is 0 Å². The van der Waals surface area contributed by atoms with E-state index in [2.05, 4.69) is 27.6 Å². The quantitative estimate of drug-likeness (QED) is 0.784. The van der Waals surface area contributed by atoms with Gasteiger partial charge < -0.3 is 14.6 Å². The minimum absolute atomic E-state index is 0.585. The standard InChI is InChI=1S/C16H15N3O2S/c1-2-14(22-7-1)16-18-15(19-21-16)10-17-9-11-3-4-13-12(8-11)5-6-20-13/h1-4,7-8,17H,5-6,9-10H2. The Balaban J connectivity index is 1.35. The predicted octanol–water partition coefficient (Wildman–Crippen LogP) is 3.02. The third kappa shape index (κ3) is 2.75. The van der Waals surface area contributed by atoms with Crippen LogP contribution in [-0.4, -0.2) is 16.7 Å². The van der Waals surface area contributed by atoms with E-state index < -0.39 is 0 Å². The maximum Gasteiger partial charge on any atom is 0.268 e. The lowest BCUT2D eigenvalue weighted by Crippen LogP contribution is -2.13. The number of aromatic nitrogens is 2. The maximum atomic E-state index is 5.51. The van der Waals surface area contributed by atoms with Crippen LogP contribution in [0.3, 0.4) is 0 Å². The number of hydrogen-bond acceptors (Lipinski definition) is 6. The molecule has 0 fully saturated rings. The summed E-state index contributed by atoms with van der Waals surface area (Å²) in [6.45, 7) is 2.15. The summed E-state index contributed by atoms with van der Waals surface area (Å²) >= 11 is 1.59. The van der Waals surface area contributed by atoms with Crippen molar-refractivity contribution in [2.45, 2.75) is 19.5 Å². The number of benzene rings is 1. The zero-order chi connectivity index (χ0) is 14.8. The average molecular weight is 313 g/mol. The Morgan fingerprint density at radius 1 is 1.23 bits per heavy atom. The van der Waals surface area contributed by atoms with E-state index >= 15 is 0 Å². The van der Waals surface area contributed by atoms with Crippen molar-refractivity contribution >= 4 is 11.3 Å². The van der Waals surface area contributed by atoms with Crippen LogP contribution >= 0.6 is 11.3 Å². The van der Waals surface area contributed by atoms with Crippen LogP contribution in [0.25, 0.3) is 10.8 Å². The molecule has 0 saturated heterocycles. The van der Waals surface area contributed by atoms with Gasteiger partial charge in [-0.2, -0.15) is 4.98 Å². The molecule has 6 heteroatoms. The molecule has 1 N–H and O–H groups in total. The van der Waals surface area contributed by atoms with Gasteiger partial charge in [-0.15, -0.1) is 11.3 Å². The van der Waals surface area contributed by atoms with E-state index in [0.717, 1.165) is 30.2 Å². The van der Waals surface area contributed by atoms with Crippen molar-refractivity contribution in [1.82, 2.24) is 15.5 Å². The van der Waals surface area contributed by atoms with Gasteiger partial charge in [-0.05, 0) is 28.6 Å². The molecule has 1 aliphatic heterocycles. The second-order valence-electron chi connectivity index (χ2n) is 5.14. The topological polar surface area (TPSA) is 60.2 Å². The molecule has 0 bridgehead atoms. The fourth-order valence-electron chi connectivity index (χ4n) is 2.49. The molecule has 0 aliphatic carbocycles. The fourth-order valence-corrected chi connectivity index (χ4v) is 3.14. The molecular formula is C16H15N3O2S. The van der Waals surface area contributed by atoms with Crippen molar-refractivity contribution in [2.24, 2.45) is 0 Å². The molecule has 2 aromatic heterocycles. The summed E-state index contributed by atoms with van der Waals surface area (Å²) in [4.78, 5) is 5.39. The number of rotatable bonds is 5. The first kappa shape index (κ1) is 13.5. The highest BCUT2D eigenvalue weighted by atomic mass is 32.1. The molecule has 1 aromatic carbocycles. The Bertz CT molecular complexity index is 768. The van der Waals surface area contributed by atoms with Crippen LogP contribution in [0.2, 0.25) is 0 Å². The van der Waals surface area contributed by atoms with Crippen LogP contribution in [0, 0.1) is 0 Å². The Morgan fingerprint density at radius 2 is 2.23 bits per heavy atom. The molecule has 4 rings (SSSR count). The van der Waals surface area contributed by atoms with Crippen LogP contribution < -0.4 is 10.1 Å². The molecular weight excluding hydrogens is 298 g/mol. The predicted molar refractivity (Wildman–Crippen MR) is 83.8 cm³/mol. The van der Waals surface area contributed by atoms with Crippen LogP contribution in [0.15, 0.2) is 40.2 Å². The zero-order valence-corrected chi connectivity index (χ0v) is 12.7. The Hall–Kier alpha value is -2.18. The maximum absolute atomic E-state index is 5.51. The molecule has 0 atom stereocenters. The molecule has 3 heterocycles. The largest absolute Gasteiger partial charge is 0.493 e. The molecule has 0 radical (unpaired) electrons. The molecule has 0 saturated carbocycles. The highest BCUT2D eigenvalue weighted by Gasteiger charge is 2.12. The van der Waals surface area contributed by atoms with Crippen molar-refractivity contribution in [3.63, 3.8) is 0 Å². The number of thiophene rings is 1. The van der Waals surface area contributed by atoms with Crippen LogP contribution in [-0.2, 0) is 19.5 Å². The molecule has 0 unspecified atom stereocenters. The second-order valence-corrected chi connectivity index (χ2v) is 6.08. The van der Waals surface area contributed by atoms with Crippen LogP contribution in [0.5, 0.6) is 5.75 Å². The first-order valence-corrected chi connectivity index (χ1v) is 8.08. The van der Waals surface area contributed by atoms with E-state index in [9.17, 15) is 0 Å². The second kappa shape index (κ2) is 5.90. The minimum Gasteiger partial charge on any atom is -0.493 e. The van der Waals surface area contributed by atoms with Crippen LogP contribution in [0.1, 0.15) is 17.0 Å². The molecule has 1 aliphatic rings. The molecule has 0 spiro atoms. The Labute approximate surface area is 131 Å². The summed E-state index contributed by atoms with van der Waals surface area (Å²) in [6.07, 6.45) is 0.998. The third-order valence-corrected chi connectivity index (χ3v) is 4.42. The number of nitrogens with one attached hydrogen (secondary N) is 1. The lowest BCUT2D eigenvalue weighted by Gasteiger charge is -2.04. The minimum atomic E-state index is 0.585. The van der Waals surface area contributed by atoms with Crippen molar-refractivity contribution in [3.05, 3.63) is 52.7 Å². The van der Waals surface area contributed by atoms with E-state index in [1.807, 2.05) is 23.6 Å². The van der Waals surface area contributed by atoms with Gasteiger partial charge in [0.05, 0.1) is 18.0 Å². The van der Waals surface area contributed by atoms with Crippen LogP contribution in [0.4, 0.5) is 0 Å². The molecule has 3 aromatic rings. The lowest BCUT2D eigenvalue weighted by molar-refractivity contribution is 0.357. The Morgan fingerprint density at radius 3 is 3.14 bits per heavy atom. The number of fused-ring (bicyclic) bond motifs is 1. The van der Waals surface area contributed by atoms with Crippen molar-refractivity contribution in [2.75, 3.05) is 6.61 Å². The van der Waals surface area contributed by atoms with E-state index in [1.54, 1.807) is 11.3 Å². The third-order valence-electron chi connectivity index (χ3n) is 3.57. The lowest BCUT2D eigenvalue weighted by atomic mass is 10.1. The highest BCUT2D eigenvalue weighted by Crippen LogP contribution is 2.26. The zero-order valence-electron chi connectivity index (χ0n) is 11.9. The molecule has 0 amide bonds. The number of hydrogen-bond donors (Lipinski definition) is 1. The summed E-state index contributed by atoms with van der Waals surface area (Å²) in [7, 11) is 0. The monoisotopic (exact) mass is 313 g/mol. The van der Waals surface area contributed by atoms with Gasteiger partial charge in [0.25, 0.3) is 5.89 Å². The summed E-state index contributed by atoms with van der Waals surface area (Å²) in [5.74, 6) is 2.27. The summed E-state index contributed by atoms with van der Waals surface area (Å²) < 4.78 is 10.8. The smallest absolute Gasteiger partial charge is 0.268 e. The van der Waals surface area contributed by atoms with Crippen molar-refractivity contribution in [1.29, 1.82) is 0 Å². The van der Waals surface area contributed by atoms with Gasteiger partial charge in [0.15, 0.2) is 5.82 Å². The van der Waals surface area contributed by atoms with E-state index in [1.165, 1.54) is 11.1 Å². The number of ether oxygens (including phenoxy) is 1. The Kier molecular flexibility index (Phi) is 3.62. The van der Waals surface area contributed by atoms with Crippen molar-refractivity contribution in [3.8, 4) is 16.5 Å². The van der Waals surface area contributed by atoms with Gasteiger partial charge in [0.2, 0.25) is 0 Å². The average Bonchev–Trinajstić information content (AvgIpc) is 3.28. The van der Waals surface area contributed by atoms with E-state index in [-0.39, 0.29) is 0 Å². The van der Waals surface area contributed by atoms with Gasteiger partial charge in [-0.1, -0.05) is 23.4 Å². The summed E-state index contributed by atoms with van der Waals surface area (Å²) in [5.41, 5.74) is 2.53. The van der Waals surface area contributed by atoms with Gasteiger partial charge in [-0.25, -0.2) is 0 Å². The van der Waals surface area contributed by atoms with E-state index in [4.69, 9.17) is 9.26 Å². The summed E-state index contributed by atoms with van der Waals surface area (Å²) in [6, 6.07) is 10.3. The number of nitrogens with zero attached hydrogens (tertiary/aromatic N) is 2. The molecule has 22 heavy (non-hydrogen) atoms. The normalized spacial score (nSPS) is 13.1. The molecule has 112 valence electrons. The van der Waals surface area contributed by atoms with Gasteiger partial charge >= 0.3 is 0 Å². The van der Waals surface area contributed by atoms with Gasteiger partial charge in [0.1, 0.15) is 5.75 Å². The van der Waals surface area contributed by atoms with Crippen molar-refractivity contribution < 1.29 is 9.26 Å². The first-order valence-electron chi connectivity index (χ1n) is 7.20. The SMILES string of the molecule is c1csc(-c2nc(CNCc3ccc4c(c3)CCO4)no2)c1. The van der Waals surface area contributed by atoms with Gasteiger partial charge in [0, 0.05) is 13.0 Å². The van der Waals surface area contributed by atoms with E-state index in [0.29, 0.717) is 18.3 Å². The summed E-state index contributed by atoms with van der Waals surface area (Å²) in [5, 5.41) is 9.34.